The van der Waals surface area contributed by atoms with Gasteiger partial charge in [0.15, 0.2) is 0 Å². The third kappa shape index (κ3) is 3.21. The van der Waals surface area contributed by atoms with E-state index in [0.29, 0.717) is 13.0 Å². The fourth-order valence-corrected chi connectivity index (χ4v) is 2.32. The molecule has 1 unspecified atom stereocenters. The Kier molecular flexibility index (Phi) is 4.17. The Bertz CT molecular complexity index is 509. The fourth-order valence-electron chi connectivity index (χ4n) is 2.32. The molecule has 20 heavy (non-hydrogen) atoms. The van der Waals surface area contributed by atoms with Gasteiger partial charge in [0, 0.05) is 12.6 Å². The average molecular weight is 273 g/mol. The highest BCUT2D eigenvalue weighted by Gasteiger charge is 2.25. The second-order valence-electron chi connectivity index (χ2n) is 6.17. The van der Waals surface area contributed by atoms with Crippen LogP contribution in [0.3, 0.4) is 0 Å². The van der Waals surface area contributed by atoms with Crippen molar-refractivity contribution in [2.75, 3.05) is 6.61 Å². The molecule has 2 rings (SSSR count). The number of hydrogen-bond donors (Lipinski definition) is 1. The first-order valence-electron chi connectivity index (χ1n) is 7.14. The van der Waals surface area contributed by atoms with Gasteiger partial charge in [-0.05, 0) is 29.0 Å². The van der Waals surface area contributed by atoms with E-state index in [9.17, 15) is 4.79 Å². The van der Waals surface area contributed by atoms with Gasteiger partial charge in [0.05, 0.1) is 6.61 Å². The van der Waals surface area contributed by atoms with Gasteiger partial charge in [0.2, 0.25) is 0 Å². The third-order valence-corrected chi connectivity index (χ3v) is 3.58. The summed E-state index contributed by atoms with van der Waals surface area (Å²) in [5, 5.41) is 3.10. The summed E-state index contributed by atoms with van der Waals surface area (Å²) in [5.41, 5.74) is 3.80. The predicted molar refractivity (Wildman–Crippen MR) is 81.3 cm³/mol. The van der Waals surface area contributed by atoms with Gasteiger partial charge >= 0.3 is 5.97 Å². The molecule has 1 heterocycles. The molecule has 0 saturated carbocycles. The van der Waals surface area contributed by atoms with E-state index >= 15 is 0 Å². The molecule has 3 nitrogen and oxygen atoms in total. The molecule has 1 aromatic rings. The summed E-state index contributed by atoms with van der Waals surface area (Å²) < 4.78 is 5.04. The molecule has 0 radical (unpaired) electrons. The minimum Gasteiger partial charge on any atom is -0.464 e. The Balaban J connectivity index is 2.05. The van der Waals surface area contributed by atoms with Gasteiger partial charge in [-0.2, -0.15) is 0 Å². The molecule has 1 aliphatic heterocycles. The lowest BCUT2D eigenvalue weighted by atomic mass is 9.86. The second kappa shape index (κ2) is 5.70. The van der Waals surface area contributed by atoms with Crippen molar-refractivity contribution in [1.82, 2.24) is 5.32 Å². The van der Waals surface area contributed by atoms with Crippen LogP contribution in [0, 0.1) is 0 Å². The number of nitrogens with one attached hydrogen (secondary N) is 1. The van der Waals surface area contributed by atoms with Crippen molar-refractivity contribution in [2.24, 2.45) is 0 Å². The number of carbonyl (C=O) groups excluding carboxylic acids is 1. The molecular formula is C17H23NO2. The van der Waals surface area contributed by atoms with Crippen LogP contribution in [0.25, 0.3) is 5.57 Å². The van der Waals surface area contributed by atoms with Gasteiger partial charge in [0.25, 0.3) is 0 Å². The average Bonchev–Trinajstić information content (AvgIpc) is 2.88. The summed E-state index contributed by atoms with van der Waals surface area (Å²) in [6.45, 7) is 8.86. The molecular weight excluding hydrogens is 250 g/mol. The first-order chi connectivity index (χ1) is 9.41. The third-order valence-electron chi connectivity index (χ3n) is 3.58. The van der Waals surface area contributed by atoms with E-state index in [1.807, 2.05) is 13.1 Å². The number of esters is 1. The number of rotatable bonds is 3. The van der Waals surface area contributed by atoms with Crippen LogP contribution >= 0.6 is 0 Å². The summed E-state index contributed by atoms with van der Waals surface area (Å²) in [7, 11) is 0. The molecule has 1 aliphatic rings. The van der Waals surface area contributed by atoms with Crippen molar-refractivity contribution in [3.63, 3.8) is 0 Å². The van der Waals surface area contributed by atoms with Gasteiger partial charge in [-0.1, -0.05) is 45.0 Å². The molecule has 0 fully saturated rings. The van der Waals surface area contributed by atoms with Crippen molar-refractivity contribution >= 4 is 11.5 Å². The smallest absolute Gasteiger partial charge is 0.328 e. The molecule has 3 heteroatoms. The maximum atomic E-state index is 11.7. The van der Waals surface area contributed by atoms with E-state index in [-0.39, 0.29) is 17.4 Å². The lowest BCUT2D eigenvalue weighted by molar-refractivity contribution is -0.145. The Morgan fingerprint density at radius 2 is 1.95 bits per heavy atom. The Labute approximate surface area is 121 Å². The Morgan fingerprint density at radius 1 is 1.30 bits per heavy atom. The van der Waals surface area contributed by atoms with Crippen LogP contribution in [0.5, 0.6) is 0 Å². The van der Waals surface area contributed by atoms with Crippen LogP contribution in [-0.2, 0) is 14.9 Å². The molecule has 1 aromatic carbocycles. The minimum absolute atomic E-state index is 0.161. The Hall–Kier alpha value is -1.77. The molecule has 0 bridgehead atoms. The van der Waals surface area contributed by atoms with E-state index in [1.165, 1.54) is 5.56 Å². The number of hydrogen-bond acceptors (Lipinski definition) is 3. The summed E-state index contributed by atoms with van der Waals surface area (Å²) in [5.74, 6) is -0.176. The molecule has 108 valence electrons. The van der Waals surface area contributed by atoms with Crippen molar-refractivity contribution < 1.29 is 9.53 Å². The van der Waals surface area contributed by atoms with E-state index in [4.69, 9.17) is 4.74 Å². The molecule has 0 aromatic heterocycles. The lowest BCUT2D eigenvalue weighted by Gasteiger charge is -2.19. The van der Waals surface area contributed by atoms with E-state index in [0.717, 1.165) is 11.1 Å². The molecule has 0 spiro atoms. The minimum atomic E-state index is -0.243. The highest BCUT2D eigenvalue weighted by Crippen LogP contribution is 2.28. The van der Waals surface area contributed by atoms with Crippen molar-refractivity contribution in [1.29, 1.82) is 0 Å². The zero-order valence-corrected chi connectivity index (χ0v) is 12.7. The predicted octanol–water partition coefficient (Wildman–Crippen LogP) is 3.25. The zero-order valence-electron chi connectivity index (χ0n) is 12.7. The molecule has 0 saturated heterocycles. The van der Waals surface area contributed by atoms with Crippen LogP contribution in [-0.4, -0.2) is 18.6 Å². The van der Waals surface area contributed by atoms with Crippen LogP contribution in [0.15, 0.2) is 30.5 Å². The van der Waals surface area contributed by atoms with E-state index in [1.54, 1.807) is 0 Å². The molecule has 0 amide bonds. The van der Waals surface area contributed by atoms with Crippen LogP contribution in [0.4, 0.5) is 0 Å². The van der Waals surface area contributed by atoms with Gasteiger partial charge in [-0.15, -0.1) is 0 Å². The quantitative estimate of drug-likeness (QED) is 0.859. The largest absolute Gasteiger partial charge is 0.464 e. The van der Waals surface area contributed by atoms with Crippen LogP contribution in [0.1, 0.15) is 45.2 Å². The van der Waals surface area contributed by atoms with Crippen molar-refractivity contribution in [3.05, 3.63) is 41.6 Å². The summed E-state index contributed by atoms with van der Waals surface area (Å²) >= 11 is 0. The van der Waals surface area contributed by atoms with Crippen LogP contribution < -0.4 is 5.32 Å². The Morgan fingerprint density at radius 3 is 2.50 bits per heavy atom. The fraction of sp³-hybridized carbons (Fsp3) is 0.471. The van der Waals surface area contributed by atoms with Gasteiger partial charge in [-0.25, -0.2) is 4.79 Å². The monoisotopic (exact) mass is 273 g/mol. The first-order valence-corrected chi connectivity index (χ1v) is 7.14. The first kappa shape index (κ1) is 14.6. The van der Waals surface area contributed by atoms with Crippen LogP contribution in [0.2, 0.25) is 0 Å². The maximum absolute atomic E-state index is 11.7. The number of benzene rings is 1. The highest BCUT2D eigenvalue weighted by molar-refractivity contribution is 5.82. The lowest BCUT2D eigenvalue weighted by Crippen LogP contribution is -2.31. The van der Waals surface area contributed by atoms with Crippen molar-refractivity contribution in [2.45, 2.75) is 45.6 Å². The normalized spacial score (nSPS) is 18.4. The maximum Gasteiger partial charge on any atom is 0.328 e. The summed E-state index contributed by atoms with van der Waals surface area (Å²) in [6.07, 6.45) is 2.61. The molecule has 1 N–H and O–H groups in total. The molecule has 0 aliphatic carbocycles. The standard InChI is InChI=1S/C17H23NO2/c1-5-20-16(19)15-10-13(11-18-15)12-6-8-14(9-7-12)17(2,3)4/h6-9,11,15,18H,5,10H2,1-4H3. The number of carbonyl (C=O) groups is 1. The van der Waals surface area contributed by atoms with Gasteiger partial charge in [0.1, 0.15) is 6.04 Å². The summed E-state index contributed by atoms with van der Waals surface area (Å²) in [6, 6.07) is 8.33. The van der Waals surface area contributed by atoms with Crippen molar-refractivity contribution in [3.8, 4) is 0 Å². The highest BCUT2D eigenvalue weighted by atomic mass is 16.5. The summed E-state index contributed by atoms with van der Waals surface area (Å²) in [4.78, 5) is 11.7. The zero-order chi connectivity index (χ0) is 14.8. The van der Waals surface area contributed by atoms with E-state index < -0.39 is 0 Å². The topological polar surface area (TPSA) is 38.3 Å². The number of ether oxygens (including phenoxy) is 1. The second-order valence-corrected chi connectivity index (χ2v) is 6.17. The SMILES string of the molecule is CCOC(=O)C1CC(c2ccc(C(C)(C)C)cc2)=CN1. The van der Waals surface area contributed by atoms with Gasteiger partial charge < -0.3 is 10.1 Å². The van der Waals surface area contributed by atoms with E-state index in [2.05, 4.69) is 50.4 Å². The van der Waals surface area contributed by atoms with Gasteiger partial charge in [-0.3, -0.25) is 0 Å². The molecule has 1 atom stereocenters.